The molecule has 0 radical (unpaired) electrons. The first kappa shape index (κ1) is 27.7. The fourth-order valence-corrected chi connectivity index (χ4v) is 4.00. The number of ether oxygens (including phenoxy) is 1. The normalized spacial score (nSPS) is 11.6. The number of fused-ring (bicyclic) bond motifs is 1. The maximum absolute atomic E-state index is 14.9. The Bertz CT molecular complexity index is 1470. The number of nitrogens with zero attached hydrogens (tertiary/aromatic N) is 5. The van der Waals surface area contributed by atoms with E-state index in [0.717, 1.165) is 10.7 Å². The molecule has 3 heterocycles. The predicted molar refractivity (Wildman–Crippen MR) is 136 cm³/mol. The van der Waals surface area contributed by atoms with Gasteiger partial charge in [0, 0.05) is 37.4 Å². The Morgan fingerprint density at radius 3 is 2.74 bits per heavy atom. The van der Waals surface area contributed by atoms with Crippen LogP contribution in [-0.2, 0) is 17.5 Å². The van der Waals surface area contributed by atoms with Gasteiger partial charge in [-0.2, -0.15) is 18.3 Å². The average Bonchev–Trinajstić information content (AvgIpc) is 3.48. The van der Waals surface area contributed by atoms with Crippen LogP contribution in [-0.4, -0.2) is 56.4 Å². The predicted octanol–water partition coefficient (Wildman–Crippen LogP) is 3.69. The van der Waals surface area contributed by atoms with Gasteiger partial charge in [0.05, 0.1) is 42.8 Å². The van der Waals surface area contributed by atoms with Crippen molar-refractivity contribution in [3.8, 4) is 11.3 Å². The Hall–Kier alpha value is -4.30. The summed E-state index contributed by atoms with van der Waals surface area (Å²) in [6.45, 7) is 6.35. The average molecular weight is 547 g/mol. The fourth-order valence-electron chi connectivity index (χ4n) is 4.00. The second-order valence-corrected chi connectivity index (χ2v) is 8.44. The Morgan fingerprint density at radius 1 is 1.26 bits per heavy atom. The highest BCUT2D eigenvalue weighted by Crippen LogP contribution is 2.37. The van der Waals surface area contributed by atoms with Crippen LogP contribution in [0.2, 0.25) is 0 Å². The number of amides is 1. The van der Waals surface area contributed by atoms with E-state index < -0.39 is 23.6 Å². The zero-order valence-corrected chi connectivity index (χ0v) is 20.9. The zero-order valence-electron chi connectivity index (χ0n) is 20.9. The van der Waals surface area contributed by atoms with Crippen LogP contribution in [0.3, 0.4) is 0 Å². The third-order valence-corrected chi connectivity index (χ3v) is 5.62. The second-order valence-electron chi connectivity index (χ2n) is 8.44. The van der Waals surface area contributed by atoms with E-state index in [9.17, 15) is 22.4 Å². The number of hydrogen-bond donors (Lipinski definition) is 3. The highest BCUT2D eigenvalue weighted by Gasteiger charge is 2.38. The smallest absolute Gasteiger partial charge is 0.378 e. The first-order chi connectivity index (χ1) is 18.6. The van der Waals surface area contributed by atoms with Gasteiger partial charge in [-0.25, -0.2) is 14.4 Å². The number of nitrogens with one attached hydrogen (secondary N) is 2. The molecule has 0 aliphatic carbocycles. The molecule has 1 aromatic carbocycles. The van der Waals surface area contributed by atoms with Gasteiger partial charge in [0.1, 0.15) is 5.82 Å². The van der Waals surface area contributed by atoms with Crippen LogP contribution in [0.25, 0.3) is 16.9 Å². The van der Waals surface area contributed by atoms with E-state index in [1.54, 1.807) is 13.0 Å². The Labute approximate surface area is 220 Å². The first-order valence-corrected chi connectivity index (χ1v) is 11.8. The van der Waals surface area contributed by atoms with E-state index in [1.165, 1.54) is 35.3 Å². The molecule has 0 unspecified atom stereocenters. The van der Waals surface area contributed by atoms with Crippen molar-refractivity contribution < 1.29 is 27.1 Å². The highest BCUT2D eigenvalue weighted by molar-refractivity contribution is 5.96. The van der Waals surface area contributed by atoms with Gasteiger partial charge in [0.25, 0.3) is 5.91 Å². The summed E-state index contributed by atoms with van der Waals surface area (Å²) >= 11 is 0. The number of hydrogen-bond acceptors (Lipinski definition) is 7. The molecule has 0 bridgehead atoms. The molecule has 0 saturated heterocycles. The first-order valence-electron chi connectivity index (χ1n) is 11.8. The van der Waals surface area contributed by atoms with E-state index in [4.69, 9.17) is 10.5 Å². The number of carbonyl (C=O) groups excluding carboxylic acids is 1. The van der Waals surface area contributed by atoms with Crippen LogP contribution in [0, 0.1) is 12.7 Å². The number of anilines is 2. The van der Waals surface area contributed by atoms with Gasteiger partial charge in [-0.05, 0) is 24.6 Å². The van der Waals surface area contributed by atoms with Gasteiger partial charge in [0.15, 0.2) is 17.2 Å². The third-order valence-electron chi connectivity index (χ3n) is 5.62. The van der Waals surface area contributed by atoms with Crippen molar-refractivity contribution in [1.82, 2.24) is 29.5 Å². The summed E-state index contributed by atoms with van der Waals surface area (Å²) in [5.41, 5.74) is 4.96. The molecule has 1 amide bonds. The van der Waals surface area contributed by atoms with Gasteiger partial charge in [-0.15, -0.1) is 6.58 Å². The van der Waals surface area contributed by atoms with Gasteiger partial charge < -0.3 is 21.1 Å². The van der Waals surface area contributed by atoms with Crippen LogP contribution in [0.4, 0.5) is 29.1 Å². The minimum atomic E-state index is -4.69. The summed E-state index contributed by atoms with van der Waals surface area (Å²) in [4.78, 5) is 20.9. The standard InChI is InChI=1S/C25H26F4N8O2/c1-3-7-36-14-17(21(35-36)25(27,28)29)19-13-33-23-22(31-5-8-37(19)23)34-16-11-15(2)20(18(26)12-16)24(38)32-6-10-39-9-4-30/h3,5,8,11-14H,1,4,6-7,9-10,30H2,2H3,(H,31,34)(H,32,38). The molecule has 10 nitrogen and oxygen atoms in total. The summed E-state index contributed by atoms with van der Waals surface area (Å²) < 4.78 is 63.8. The number of allylic oxidation sites excluding steroid dienone is 1. The van der Waals surface area contributed by atoms with Crippen molar-refractivity contribution in [2.45, 2.75) is 19.6 Å². The summed E-state index contributed by atoms with van der Waals surface area (Å²) in [7, 11) is 0. The van der Waals surface area contributed by atoms with Crippen LogP contribution in [0.5, 0.6) is 0 Å². The number of rotatable bonds is 11. The number of benzene rings is 1. The lowest BCUT2D eigenvalue weighted by molar-refractivity contribution is -0.141. The van der Waals surface area contributed by atoms with Crippen molar-refractivity contribution in [2.75, 3.05) is 31.6 Å². The maximum Gasteiger partial charge on any atom is 0.435 e. The lowest BCUT2D eigenvalue weighted by Gasteiger charge is -2.13. The minimum absolute atomic E-state index is 0.0924. The van der Waals surface area contributed by atoms with Crippen molar-refractivity contribution in [3.63, 3.8) is 0 Å². The SMILES string of the molecule is C=CCn1cc(-c2cnc3c(Nc4cc(C)c(C(=O)NCCOCCN)c(F)c4)nccn23)c(C(F)(F)F)n1. The van der Waals surface area contributed by atoms with E-state index >= 15 is 0 Å². The van der Waals surface area contributed by atoms with Crippen LogP contribution in [0.15, 0.2) is 49.6 Å². The largest absolute Gasteiger partial charge is 0.435 e. The number of carbonyl (C=O) groups is 1. The molecule has 0 atom stereocenters. The Morgan fingerprint density at radius 2 is 2.05 bits per heavy atom. The Kier molecular flexibility index (Phi) is 8.26. The molecule has 0 aliphatic rings. The molecule has 4 aromatic rings. The number of aromatic nitrogens is 5. The van der Waals surface area contributed by atoms with Crippen LogP contribution in [0.1, 0.15) is 21.6 Å². The fraction of sp³-hybridized carbons (Fsp3) is 0.280. The topological polar surface area (TPSA) is 124 Å². The molecular formula is C25H26F4N8O2. The van der Waals surface area contributed by atoms with E-state index in [-0.39, 0.29) is 53.7 Å². The molecule has 4 N–H and O–H groups in total. The second kappa shape index (κ2) is 11.6. The van der Waals surface area contributed by atoms with Gasteiger partial charge in [-0.1, -0.05) is 6.08 Å². The molecule has 0 spiro atoms. The van der Waals surface area contributed by atoms with Gasteiger partial charge in [-0.3, -0.25) is 13.9 Å². The van der Waals surface area contributed by atoms with Gasteiger partial charge in [0.2, 0.25) is 0 Å². The monoisotopic (exact) mass is 546 g/mol. The van der Waals surface area contributed by atoms with Gasteiger partial charge >= 0.3 is 6.18 Å². The molecule has 206 valence electrons. The highest BCUT2D eigenvalue weighted by atomic mass is 19.4. The number of halogens is 4. The molecule has 39 heavy (non-hydrogen) atoms. The quantitative estimate of drug-likeness (QED) is 0.149. The number of nitrogens with two attached hydrogens (primary N) is 1. The summed E-state index contributed by atoms with van der Waals surface area (Å²) in [6, 6.07) is 2.68. The number of alkyl halides is 3. The maximum atomic E-state index is 14.9. The summed E-state index contributed by atoms with van der Waals surface area (Å²) in [5.74, 6) is -1.19. The summed E-state index contributed by atoms with van der Waals surface area (Å²) in [5, 5.41) is 9.19. The van der Waals surface area contributed by atoms with Crippen molar-refractivity contribution in [1.29, 1.82) is 0 Å². The number of aryl methyl sites for hydroxylation is 1. The van der Waals surface area contributed by atoms with E-state index in [0.29, 0.717) is 18.7 Å². The van der Waals surface area contributed by atoms with Crippen LogP contribution < -0.4 is 16.4 Å². The van der Waals surface area contributed by atoms with E-state index in [1.807, 2.05) is 0 Å². The molecule has 0 aliphatic heterocycles. The molecular weight excluding hydrogens is 520 g/mol. The lowest BCUT2D eigenvalue weighted by atomic mass is 10.1. The summed E-state index contributed by atoms with van der Waals surface area (Å²) in [6.07, 6.45) is 2.13. The Balaban J connectivity index is 1.61. The van der Waals surface area contributed by atoms with Crippen molar-refractivity contribution >= 4 is 23.1 Å². The molecule has 3 aromatic heterocycles. The minimum Gasteiger partial charge on any atom is -0.378 e. The van der Waals surface area contributed by atoms with Crippen molar-refractivity contribution in [2.24, 2.45) is 5.73 Å². The van der Waals surface area contributed by atoms with Crippen LogP contribution >= 0.6 is 0 Å². The third kappa shape index (κ3) is 6.07. The van der Waals surface area contributed by atoms with Crippen molar-refractivity contribution in [3.05, 3.63) is 72.2 Å². The molecule has 4 rings (SSSR count). The number of imidazole rings is 1. The zero-order chi connectivity index (χ0) is 28.2. The molecule has 14 heteroatoms. The molecule has 0 saturated carbocycles. The lowest BCUT2D eigenvalue weighted by Crippen LogP contribution is -2.29. The van der Waals surface area contributed by atoms with E-state index in [2.05, 4.69) is 32.3 Å². The molecule has 0 fully saturated rings.